The maximum absolute atomic E-state index is 15.0. The van der Waals surface area contributed by atoms with Gasteiger partial charge in [0.2, 0.25) is 5.43 Å². The van der Waals surface area contributed by atoms with Crippen LogP contribution in [-0.4, -0.2) is 75.1 Å². The van der Waals surface area contributed by atoms with Gasteiger partial charge in [0, 0.05) is 44.6 Å². The van der Waals surface area contributed by atoms with E-state index >= 15 is 0 Å². The second kappa shape index (κ2) is 8.32. The smallest absolute Gasteiger partial charge is 0.341 e. The molecule has 0 spiro atoms. The van der Waals surface area contributed by atoms with Crippen molar-refractivity contribution in [3.8, 4) is 11.4 Å². The van der Waals surface area contributed by atoms with Crippen molar-refractivity contribution in [2.24, 2.45) is 0 Å². The van der Waals surface area contributed by atoms with Crippen LogP contribution >= 0.6 is 0 Å². The molecule has 1 aliphatic rings. The number of phenols is 1. The number of hydrogen-bond donors (Lipinski definition) is 3. The van der Waals surface area contributed by atoms with Crippen LogP contribution in [-0.2, 0) is 0 Å². The third-order valence-corrected chi connectivity index (χ3v) is 5.36. The van der Waals surface area contributed by atoms with E-state index in [4.69, 9.17) is 5.11 Å². The predicted molar refractivity (Wildman–Crippen MR) is 112 cm³/mol. The molecule has 1 fully saturated rings. The highest BCUT2D eigenvalue weighted by molar-refractivity contribution is 5.92. The quantitative estimate of drug-likeness (QED) is 0.552. The molecular formula is C21H21FN4O5. The maximum Gasteiger partial charge on any atom is 0.341 e. The lowest BCUT2D eigenvalue weighted by Crippen LogP contribution is -2.47. The molecule has 0 unspecified atom stereocenters. The van der Waals surface area contributed by atoms with Crippen LogP contribution in [0.4, 0.5) is 10.2 Å². The van der Waals surface area contributed by atoms with E-state index in [1.165, 1.54) is 16.7 Å². The van der Waals surface area contributed by atoms with Gasteiger partial charge in [0.05, 0.1) is 12.0 Å². The Labute approximate surface area is 176 Å². The zero-order valence-corrected chi connectivity index (χ0v) is 16.5. The van der Waals surface area contributed by atoms with Crippen LogP contribution in [0.25, 0.3) is 16.7 Å². The number of piperazine rings is 1. The molecule has 31 heavy (non-hydrogen) atoms. The molecule has 0 aliphatic carbocycles. The van der Waals surface area contributed by atoms with Crippen molar-refractivity contribution >= 4 is 22.8 Å². The average molecular weight is 428 g/mol. The van der Waals surface area contributed by atoms with Crippen LogP contribution in [0.5, 0.6) is 5.75 Å². The molecule has 0 radical (unpaired) electrons. The first kappa shape index (κ1) is 20.8. The summed E-state index contributed by atoms with van der Waals surface area (Å²) in [6.07, 6.45) is 1.16. The van der Waals surface area contributed by atoms with Crippen LogP contribution in [0, 0.1) is 5.82 Å². The molecule has 0 atom stereocenters. The van der Waals surface area contributed by atoms with Gasteiger partial charge in [0.25, 0.3) is 0 Å². The Kier molecular flexibility index (Phi) is 5.57. The first-order valence-electron chi connectivity index (χ1n) is 9.76. The van der Waals surface area contributed by atoms with E-state index < -0.39 is 22.8 Å². The molecule has 3 N–H and O–H groups in total. The standard InChI is InChI=1S/C21H21FN4O5/c22-17-11-15-18(29)16(21(30)31)12-26(13-1-3-14(28)4-2-13)19(15)23-20(17)25-7-5-24(6-8-25)9-10-27/h1-4,11-12,27-28H,5-10H2,(H,30,31). The number of carbonyl (C=O) groups is 1. The molecule has 9 nitrogen and oxygen atoms in total. The highest BCUT2D eigenvalue weighted by Gasteiger charge is 2.24. The highest BCUT2D eigenvalue weighted by Crippen LogP contribution is 2.25. The van der Waals surface area contributed by atoms with Gasteiger partial charge in [-0.2, -0.15) is 0 Å². The summed E-state index contributed by atoms with van der Waals surface area (Å²) >= 11 is 0. The number of nitrogens with zero attached hydrogens (tertiary/aromatic N) is 4. The largest absolute Gasteiger partial charge is 0.508 e. The molecule has 3 aromatic rings. The topological polar surface area (TPSA) is 119 Å². The number of phenolic OH excluding ortho intramolecular Hbond substituents is 1. The maximum atomic E-state index is 15.0. The zero-order valence-electron chi connectivity index (χ0n) is 16.5. The number of β-amino-alcohol motifs (C(OH)–C–C–N with tert-alkyl or cyclic N) is 1. The number of halogens is 1. The lowest BCUT2D eigenvalue weighted by molar-refractivity contribution is 0.0695. The number of benzene rings is 1. The number of rotatable bonds is 5. The number of aromatic carboxylic acids is 1. The molecule has 1 saturated heterocycles. The van der Waals surface area contributed by atoms with Gasteiger partial charge in [-0.25, -0.2) is 14.2 Å². The van der Waals surface area contributed by atoms with E-state index in [9.17, 15) is 24.2 Å². The summed E-state index contributed by atoms with van der Waals surface area (Å²) in [5.41, 5.74) is -0.742. The van der Waals surface area contributed by atoms with Crippen LogP contribution < -0.4 is 10.3 Å². The second-order valence-corrected chi connectivity index (χ2v) is 7.28. The Morgan fingerprint density at radius 3 is 2.42 bits per heavy atom. The van der Waals surface area contributed by atoms with Crippen LogP contribution in [0.1, 0.15) is 10.4 Å². The minimum Gasteiger partial charge on any atom is -0.508 e. The fraction of sp³-hybridized carbons (Fsp3) is 0.286. The van der Waals surface area contributed by atoms with Gasteiger partial charge in [-0.1, -0.05) is 0 Å². The van der Waals surface area contributed by atoms with Crippen molar-refractivity contribution in [1.29, 1.82) is 0 Å². The first-order chi connectivity index (χ1) is 14.9. The summed E-state index contributed by atoms with van der Waals surface area (Å²) in [5, 5.41) is 28.0. The van der Waals surface area contributed by atoms with Crippen LogP contribution in [0.3, 0.4) is 0 Å². The third-order valence-electron chi connectivity index (χ3n) is 5.36. The summed E-state index contributed by atoms with van der Waals surface area (Å²) < 4.78 is 16.4. The summed E-state index contributed by atoms with van der Waals surface area (Å²) in [6.45, 7) is 2.83. The molecule has 10 heteroatoms. The average Bonchev–Trinajstić information content (AvgIpc) is 2.75. The molecule has 3 heterocycles. The fourth-order valence-corrected chi connectivity index (χ4v) is 3.72. The normalized spacial score (nSPS) is 14.8. The molecule has 2 aromatic heterocycles. The molecule has 0 bridgehead atoms. The molecule has 4 rings (SSSR count). The van der Waals surface area contributed by atoms with Crippen molar-refractivity contribution in [2.45, 2.75) is 0 Å². The Morgan fingerprint density at radius 1 is 1.13 bits per heavy atom. The molecular weight excluding hydrogens is 407 g/mol. The van der Waals surface area contributed by atoms with Gasteiger partial charge >= 0.3 is 5.97 Å². The Morgan fingerprint density at radius 2 is 1.81 bits per heavy atom. The van der Waals surface area contributed by atoms with Crippen molar-refractivity contribution in [3.63, 3.8) is 0 Å². The Balaban J connectivity index is 1.86. The van der Waals surface area contributed by atoms with E-state index in [1.54, 1.807) is 17.0 Å². The number of fused-ring (bicyclic) bond motifs is 1. The summed E-state index contributed by atoms with van der Waals surface area (Å²) in [5.74, 6) is -2.04. The summed E-state index contributed by atoms with van der Waals surface area (Å²) in [4.78, 5) is 32.5. The van der Waals surface area contributed by atoms with Gasteiger partial charge in [0.1, 0.15) is 11.3 Å². The SMILES string of the molecule is O=C(O)c1cn(-c2ccc(O)cc2)c2nc(N3CCN(CCO)CC3)c(F)cc2c1=O. The number of aliphatic hydroxyl groups excluding tert-OH is 1. The van der Waals surface area contributed by atoms with Gasteiger partial charge < -0.3 is 24.8 Å². The number of pyridine rings is 2. The Hall–Kier alpha value is -3.50. The molecule has 1 aliphatic heterocycles. The van der Waals surface area contributed by atoms with E-state index in [0.717, 1.165) is 12.3 Å². The minimum absolute atomic E-state index is 0.0213. The summed E-state index contributed by atoms with van der Waals surface area (Å²) in [7, 11) is 0. The van der Waals surface area contributed by atoms with Gasteiger partial charge in [0.15, 0.2) is 17.3 Å². The number of carboxylic acids is 1. The first-order valence-corrected chi connectivity index (χ1v) is 9.76. The number of hydrogen-bond acceptors (Lipinski definition) is 7. The molecule has 1 aromatic carbocycles. The number of aliphatic hydroxyl groups is 1. The van der Waals surface area contributed by atoms with E-state index in [2.05, 4.69) is 9.88 Å². The highest BCUT2D eigenvalue weighted by atomic mass is 19.1. The second-order valence-electron chi connectivity index (χ2n) is 7.28. The predicted octanol–water partition coefficient (Wildman–Crippen LogP) is 1.04. The Bertz CT molecular complexity index is 1190. The lowest BCUT2D eigenvalue weighted by atomic mass is 10.1. The number of aromatic nitrogens is 2. The third kappa shape index (κ3) is 3.94. The van der Waals surface area contributed by atoms with Crippen LogP contribution in [0.15, 0.2) is 41.3 Å². The number of carboxylic acid groups (broad SMARTS) is 1. The van der Waals surface area contributed by atoms with E-state index in [-0.39, 0.29) is 29.2 Å². The lowest BCUT2D eigenvalue weighted by Gasteiger charge is -2.35. The molecule has 162 valence electrons. The van der Waals surface area contributed by atoms with Gasteiger partial charge in [-0.3, -0.25) is 9.69 Å². The van der Waals surface area contributed by atoms with Crippen LogP contribution in [0.2, 0.25) is 0 Å². The van der Waals surface area contributed by atoms with E-state index in [1.807, 2.05) is 0 Å². The molecule has 0 amide bonds. The van der Waals surface area contributed by atoms with Crippen molar-refractivity contribution in [3.05, 3.63) is 58.1 Å². The number of anilines is 1. The molecule has 0 saturated carbocycles. The zero-order chi connectivity index (χ0) is 22.1. The fourth-order valence-electron chi connectivity index (χ4n) is 3.72. The minimum atomic E-state index is -1.43. The number of aromatic hydroxyl groups is 1. The van der Waals surface area contributed by atoms with Gasteiger partial charge in [-0.05, 0) is 30.3 Å². The van der Waals surface area contributed by atoms with Gasteiger partial charge in [-0.15, -0.1) is 0 Å². The summed E-state index contributed by atoms with van der Waals surface area (Å²) in [6, 6.07) is 6.96. The monoisotopic (exact) mass is 428 g/mol. The van der Waals surface area contributed by atoms with E-state index in [0.29, 0.717) is 38.4 Å². The van der Waals surface area contributed by atoms with Crippen molar-refractivity contribution in [2.75, 3.05) is 44.2 Å². The van der Waals surface area contributed by atoms with Crippen molar-refractivity contribution in [1.82, 2.24) is 14.5 Å². The van der Waals surface area contributed by atoms with Crippen molar-refractivity contribution < 1.29 is 24.5 Å².